The molecule has 0 saturated heterocycles. The largest absolute Gasteiger partial charge is 0.365 e. The summed E-state index contributed by atoms with van der Waals surface area (Å²) in [6.07, 6.45) is 0.681. The number of hydroxylamine groups is 2. The molecular formula is C28H21N3O4. The Balaban J connectivity index is 1.37. The van der Waals surface area contributed by atoms with Crippen molar-refractivity contribution in [3.8, 4) is 0 Å². The van der Waals surface area contributed by atoms with Crippen LogP contribution >= 0.6 is 0 Å². The number of fused-ring (bicyclic) bond motifs is 3. The summed E-state index contributed by atoms with van der Waals surface area (Å²) in [5.74, 6) is -2.02. The van der Waals surface area contributed by atoms with Gasteiger partial charge in [-0.25, -0.2) is 4.79 Å². The van der Waals surface area contributed by atoms with E-state index in [0.29, 0.717) is 34.5 Å². The molecule has 0 atom stereocenters. The van der Waals surface area contributed by atoms with E-state index in [0.717, 1.165) is 24.3 Å². The van der Waals surface area contributed by atoms with Crippen LogP contribution in [0.15, 0.2) is 78.9 Å². The van der Waals surface area contributed by atoms with Crippen LogP contribution in [0.2, 0.25) is 0 Å². The Kier molecular flexibility index (Phi) is 5.12. The number of para-hydroxylation sites is 1. The highest BCUT2D eigenvalue weighted by Gasteiger charge is 2.39. The van der Waals surface area contributed by atoms with Crippen LogP contribution in [0.1, 0.15) is 47.9 Å². The number of pyridine rings is 1. The van der Waals surface area contributed by atoms with Gasteiger partial charge in [-0.15, -0.1) is 0 Å². The molecule has 2 aliphatic rings. The maximum Gasteiger partial charge on any atom is 0.365 e. The van der Waals surface area contributed by atoms with Gasteiger partial charge in [0.25, 0.3) is 11.8 Å². The van der Waals surface area contributed by atoms with Crippen molar-refractivity contribution in [2.75, 3.05) is 6.54 Å². The maximum absolute atomic E-state index is 13.6. The molecule has 0 fully saturated rings. The molecule has 0 aliphatic carbocycles. The topological polar surface area (TPSA) is 79.8 Å². The molecule has 0 unspecified atom stereocenters. The number of benzene rings is 3. The Morgan fingerprint density at radius 2 is 1.51 bits per heavy atom. The second-order valence-electron chi connectivity index (χ2n) is 8.70. The van der Waals surface area contributed by atoms with Crippen LogP contribution in [-0.2, 0) is 24.3 Å². The Hall–Kier alpha value is -4.36. The van der Waals surface area contributed by atoms with E-state index in [4.69, 9.17) is 9.82 Å². The first-order valence-corrected chi connectivity index (χ1v) is 11.5. The summed E-state index contributed by atoms with van der Waals surface area (Å²) in [5, 5.41) is 1.20. The first kappa shape index (κ1) is 21.2. The molecule has 2 amide bonds. The standard InChI is InChI=1S/C28H21N3O4/c32-26-19-10-4-5-11-20(19)27(33)31(26)35-28(34)25-21-12-6-7-13-23(21)29-24-14-15-30(17-22(24)25)16-18-8-2-1-3-9-18/h1-13H,14-17H2. The molecule has 1 aromatic heterocycles. The minimum atomic E-state index is -0.740. The van der Waals surface area contributed by atoms with Gasteiger partial charge in [-0.05, 0) is 23.8 Å². The lowest BCUT2D eigenvalue weighted by Crippen LogP contribution is -2.35. The van der Waals surface area contributed by atoms with Crippen molar-refractivity contribution in [3.05, 3.63) is 112 Å². The number of nitrogens with zero attached hydrogens (tertiary/aromatic N) is 3. The van der Waals surface area contributed by atoms with Crippen LogP contribution in [0.25, 0.3) is 10.9 Å². The second kappa shape index (κ2) is 8.45. The van der Waals surface area contributed by atoms with Crippen molar-refractivity contribution in [3.63, 3.8) is 0 Å². The van der Waals surface area contributed by atoms with E-state index in [1.54, 1.807) is 24.3 Å². The zero-order valence-electron chi connectivity index (χ0n) is 18.8. The normalized spacial score (nSPS) is 15.3. The number of hydrogen-bond acceptors (Lipinski definition) is 6. The number of imide groups is 1. The van der Waals surface area contributed by atoms with Gasteiger partial charge in [0.15, 0.2) is 0 Å². The number of rotatable bonds is 4. The van der Waals surface area contributed by atoms with E-state index in [1.165, 1.54) is 5.56 Å². The molecule has 0 N–H and O–H groups in total. The molecule has 4 aromatic rings. The van der Waals surface area contributed by atoms with Crippen molar-refractivity contribution < 1.29 is 19.2 Å². The van der Waals surface area contributed by atoms with Crippen LogP contribution < -0.4 is 0 Å². The summed E-state index contributed by atoms with van der Waals surface area (Å²) in [5.41, 5.74) is 4.26. The molecule has 0 radical (unpaired) electrons. The number of hydrogen-bond donors (Lipinski definition) is 0. The first-order chi connectivity index (χ1) is 17.1. The molecule has 35 heavy (non-hydrogen) atoms. The summed E-state index contributed by atoms with van der Waals surface area (Å²) in [6.45, 7) is 2.05. The lowest BCUT2D eigenvalue weighted by Gasteiger charge is -2.30. The van der Waals surface area contributed by atoms with Gasteiger partial charge < -0.3 is 4.84 Å². The van der Waals surface area contributed by atoms with E-state index >= 15 is 0 Å². The number of carbonyl (C=O) groups is 3. The van der Waals surface area contributed by atoms with Crippen molar-refractivity contribution in [1.29, 1.82) is 0 Å². The fourth-order valence-electron chi connectivity index (χ4n) is 4.83. The molecule has 172 valence electrons. The summed E-state index contributed by atoms with van der Waals surface area (Å²) < 4.78 is 0. The lowest BCUT2D eigenvalue weighted by molar-refractivity contribution is -0.0584. The third-order valence-corrected chi connectivity index (χ3v) is 6.51. The Morgan fingerprint density at radius 1 is 0.857 bits per heavy atom. The van der Waals surface area contributed by atoms with Crippen molar-refractivity contribution in [2.24, 2.45) is 0 Å². The highest BCUT2D eigenvalue weighted by Crippen LogP contribution is 2.31. The van der Waals surface area contributed by atoms with Crippen molar-refractivity contribution >= 4 is 28.7 Å². The Bertz CT molecular complexity index is 1460. The minimum Gasteiger partial charge on any atom is -0.324 e. The van der Waals surface area contributed by atoms with Gasteiger partial charge >= 0.3 is 5.97 Å². The number of carbonyl (C=O) groups excluding carboxylic acids is 3. The van der Waals surface area contributed by atoms with E-state index < -0.39 is 17.8 Å². The first-order valence-electron chi connectivity index (χ1n) is 11.5. The molecule has 6 rings (SSSR count). The molecule has 2 aliphatic heterocycles. The zero-order valence-corrected chi connectivity index (χ0v) is 18.8. The summed E-state index contributed by atoms with van der Waals surface area (Å²) >= 11 is 0. The summed E-state index contributed by atoms with van der Waals surface area (Å²) in [7, 11) is 0. The average Bonchev–Trinajstić information content (AvgIpc) is 3.13. The second-order valence-corrected chi connectivity index (χ2v) is 8.70. The van der Waals surface area contributed by atoms with E-state index in [-0.39, 0.29) is 11.1 Å². The SMILES string of the molecule is O=C(ON1C(=O)c2ccccc2C1=O)c1c2c(nc3ccccc13)CCN(Cc1ccccc1)C2. The summed E-state index contributed by atoms with van der Waals surface area (Å²) in [6, 6.07) is 24.0. The zero-order chi connectivity index (χ0) is 23.9. The Labute approximate surface area is 201 Å². The molecule has 3 heterocycles. The molecular weight excluding hydrogens is 442 g/mol. The molecule has 0 bridgehead atoms. The predicted molar refractivity (Wildman–Crippen MR) is 128 cm³/mol. The monoisotopic (exact) mass is 463 g/mol. The molecule has 7 nitrogen and oxygen atoms in total. The lowest BCUT2D eigenvalue weighted by atomic mass is 9.95. The van der Waals surface area contributed by atoms with E-state index in [2.05, 4.69) is 17.0 Å². The van der Waals surface area contributed by atoms with Crippen LogP contribution in [-0.4, -0.2) is 39.3 Å². The smallest absolute Gasteiger partial charge is 0.324 e. The van der Waals surface area contributed by atoms with Gasteiger partial charge in [-0.3, -0.25) is 19.5 Å². The van der Waals surface area contributed by atoms with E-state index in [9.17, 15) is 14.4 Å². The minimum absolute atomic E-state index is 0.223. The number of amides is 2. The van der Waals surface area contributed by atoms with Gasteiger partial charge in [0.2, 0.25) is 0 Å². The fourth-order valence-corrected chi connectivity index (χ4v) is 4.83. The van der Waals surface area contributed by atoms with E-state index in [1.807, 2.05) is 42.5 Å². The van der Waals surface area contributed by atoms with Crippen LogP contribution in [0.3, 0.4) is 0 Å². The van der Waals surface area contributed by atoms with Gasteiger partial charge in [0.05, 0.1) is 22.2 Å². The summed E-state index contributed by atoms with van der Waals surface area (Å²) in [4.78, 5) is 51.7. The van der Waals surface area contributed by atoms with Gasteiger partial charge in [0.1, 0.15) is 0 Å². The third-order valence-electron chi connectivity index (χ3n) is 6.51. The van der Waals surface area contributed by atoms with Gasteiger partial charge in [0, 0.05) is 42.7 Å². The average molecular weight is 463 g/mol. The van der Waals surface area contributed by atoms with Crippen molar-refractivity contribution in [2.45, 2.75) is 19.5 Å². The molecule has 7 heteroatoms. The maximum atomic E-state index is 13.6. The van der Waals surface area contributed by atoms with Gasteiger partial charge in [-0.1, -0.05) is 65.7 Å². The predicted octanol–water partition coefficient (Wildman–Crippen LogP) is 4.16. The van der Waals surface area contributed by atoms with Crippen LogP contribution in [0.5, 0.6) is 0 Å². The third kappa shape index (κ3) is 3.66. The highest BCUT2D eigenvalue weighted by atomic mass is 16.7. The Morgan fingerprint density at radius 3 is 2.26 bits per heavy atom. The van der Waals surface area contributed by atoms with Crippen LogP contribution in [0, 0.1) is 0 Å². The molecule has 0 saturated carbocycles. The van der Waals surface area contributed by atoms with Gasteiger partial charge in [-0.2, -0.15) is 0 Å². The number of aromatic nitrogens is 1. The fraction of sp³-hybridized carbons (Fsp3) is 0.143. The van der Waals surface area contributed by atoms with Crippen molar-refractivity contribution in [1.82, 2.24) is 14.9 Å². The van der Waals surface area contributed by atoms with Crippen LogP contribution in [0.4, 0.5) is 0 Å². The molecule has 0 spiro atoms. The molecule has 3 aromatic carbocycles. The quantitative estimate of drug-likeness (QED) is 0.423. The highest BCUT2D eigenvalue weighted by molar-refractivity contribution is 6.21.